The first-order valence-electron chi connectivity index (χ1n) is 7.59. The molecule has 0 aliphatic rings. The van der Waals surface area contributed by atoms with Crippen LogP contribution < -0.4 is 20.1 Å². The van der Waals surface area contributed by atoms with Crippen LogP contribution in [0.1, 0.15) is 12.5 Å². The van der Waals surface area contributed by atoms with Crippen LogP contribution in [0.3, 0.4) is 0 Å². The predicted octanol–water partition coefficient (Wildman–Crippen LogP) is 4.41. The topological polar surface area (TPSA) is 42.5 Å². The van der Waals surface area contributed by atoms with E-state index in [1.54, 1.807) is 19.2 Å². The van der Waals surface area contributed by atoms with E-state index in [-0.39, 0.29) is 6.04 Å². The first-order valence-corrected chi connectivity index (χ1v) is 8.37. The van der Waals surface area contributed by atoms with Crippen molar-refractivity contribution >= 4 is 34.6 Å². The van der Waals surface area contributed by atoms with Crippen molar-refractivity contribution in [3.8, 4) is 11.5 Å². The maximum atomic E-state index is 6.10. The third-order valence-electron chi connectivity index (χ3n) is 3.37. The highest BCUT2D eigenvalue weighted by molar-refractivity contribution is 7.80. The SMILES string of the molecule is COc1ccc(NC(=S)N[C@H](C)COc2ccccc2C)cc1Cl. The molecule has 0 aromatic heterocycles. The number of halogens is 1. The molecule has 128 valence electrons. The lowest BCUT2D eigenvalue weighted by molar-refractivity contribution is 0.285. The fourth-order valence-corrected chi connectivity index (χ4v) is 2.69. The lowest BCUT2D eigenvalue weighted by Crippen LogP contribution is -2.39. The molecule has 0 radical (unpaired) electrons. The zero-order valence-corrected chi connectivity index (χ0v) is 15.5. The molecule has 0 amide bonds. The number of hydrogen-bond acceptors (Lipinski definition) is 3. The van der Waals surface area contributed by atoms with Crippen molar-refractivity contribution in [2.24, 2.45) is 0 Å². The van der Waals surface area contributed by atoms with Crippen LogP contribution in [0.25, 0.3) is 0 Å². The van der Waals surface area contributed by atoms with E-state index in [0.29, 0.717) is 22.5 Å². The van der Waals surface area contributed by atoms with E-state index in [1.807, 2.05) is 44.2 Å². The van der Waals surface area contributed by atoms with Crippen LogP contribution in [0, 0.1) is 6.92 Å². The minimum absolute atomic E-state index is 0.0540. The summed E-state index contributed by atoms with van der Waals surface area (Å²) in [5, 5.41) is 7.33. The number of nitrogens with one attached hydrogen (secondary N) is 2. The van der Waals surface area contributed by atoms with Gasteiger partial charge in [0.2, 0.25) is 0 Å². The Morgan fingerprint density at radius 3 is 2.62 bits per heavy atom. The second-order valence-corrected chi connectivity index (χ2v) is 6.24. The molecule has 0 aliphatic carbocycles. The highest BCUT2D eigenvalue weighted by atomic mass is 35.5. The van der Waals surface area contributed by atoms with Gasteiger partial charge in [0.05, 0.1) is 18.2 Å². The Balaban J connectivity index is 1.83. The summed E-state index contributed by atoms with van der Waals surface area (Å²) in [5.41, 5.74) is 1.91. The molecule has 0 bridgehead atoms. The Hall–Kier alpha value is -1.98. The van der Waals surface area contributed by atoms with E-state index in [1.165, 1.54) is 0 Å². The van der Waals surface area contributed by atoms with Crippen molar-refractivity contribution in [3.05, 3.63) is 53.1 Å². The van der Waals surface area contributed by atoms with Gasteiger partial charge >= 0.3 is 0 Å². The first-order chi connectivity index (χ1) is 11.5. The molecule has 2 rings (SSSR count). The van der Waals surface area contributed by atoms with Gasteiger partial charge in [0.1, 0.15) is 18.1 Å². The zero-order chi connectivity index (χ0) is 17.5. The van der Waals surface area contributed by atoms with Crippen LogP contribution in [0.15, 0.2) is 42.5 Å². The van der Waals surface area contributed by atoms with Gasteiger partial charge in [-0.15, -0.1) is 0 Å². The highest BCUT2D eigenvalue weighted by Gasteiger charge is 2.08. The van der Waals surface area contributed by atoms with Crippen molar-refractivity contribution in [2.75, 3.05) is 19.0 Å². The number of hydrogen-bond donors (Lipinski definition) is 2. The number of rotatable bonds is 6. The summed E-state index contributed by atoms with van der Waals surface area (Å²) in [4.78, 5) is 0. The molecule has 0 aliphatic heterocycles. The van der Waals surface area contributed by atoms with E-state index in [2.05, 4.69) is 10.6 Å². The average molecular weight is 365 g/mol. The van der Waals surface area contributed by atoms with Gasteiger partial charge in [-0.2, -0.15) is 0 Å². The Morgan fingerprint density at radius 1 is 1.21 bits per heavy atom. The Bertz CT molecular complexity index is 709. The summed E-state index contributed by atoms with van der Waals surface area (Å²) in [6.45, 7) is 4.54. The quantitative estimate of drug-likeness (QED) is 0.743. The van der Waals surface area contributed by atoms with Crippen LogP contribution in [0.4, 0.5) is 5.69 Å². The zero-order valence-electron chi connectivity index (χ0n) is 13.9. The number of aryl methyl sites for hydroxylation is 1. The minimum Gasteiger partial charge on any atom is -0.495 e. The third-order valence-corrected chi connectivity index (χ3v) is 3.88. The number of thiocarbonyl (C=S) groups is 1. The van der Waals surface area contributed by atoms with Crippen LogP contribution in [-0.2, 0) is 0 Å². The molecule has 24 heavy (non-hydrogen) atoms. The van der Waals surface area contributed by atoms with E-state index in [4.69, 9.17) is 33.3 Å². The normalized spacial score (nSPS) is 11.5. The lowest BCUT2D eigenvalue weighted by atomic mass is 10.2. The predicted molar refractivity (Wildman–Crippen MR) is 103 cm³/mol. The fourth-order valence-electron chi connectivity index (χ4n) is 2.11. The van der Waals surface area contributed by atoms with Gasteiger partial charge in [0, 0.05) is 5.69 Å². The molecule has 0 fully saturated rings. The van der Waals surface area contributed by atoms with Gasteiger partial charge in [-0.05, 0) is 55.9 Å². The second-order valence-electron chi connectivity index (χ2n) is 5.43. The van der Waals surface area contributed by atoms with E-state index < -0.39 is 0 Å². The molecule has 0 unspecified atom stereocenters. The molecule has 2 N–H and O–H groups in total. The van der Waals surface area contributed by atoms with E-state index in [0.717, 1.165) is 17.0 Å². The van der Waals surface area contributed by atoms with Crippen molar-refractivity contribution in [1.29, 1.82) is 0 Å². The maximum absolute atomic E-state index is 6.10. The van der Waals surface area contributed by atoms with Crippen molar-refractivity contribution in [2.45, 2.75) is 19.9 Å². The molecule has 2 aromatic carbocycles. The third kappa shape index (κ3) is 5.28. The summed E-state index contributed by atoms with van der Waals surface area (Å²) in [7, 11) is 1.58. The molecule has 0 saturated heterocycles. The van der Waals surface area contributed by atoms with E-state index >= 15 is 0 Å². The monoisotopic (exact) mass is 364 g/mol. The van der Waals surface area contributed by atoms with Crippen LogP contribution >= 0.6 is 23.8 Å². The second kappa shape index (κ2) is 8.76. The maximum Gasteiger partial charge on any atom is 0.171 e. The highest BCUT2D eigenvalue weighted by Crippen LogP contribution is 2.27. The Labute approximate surface area is 153 Å². The molecule has 0 heterocycles. The molecule has 2 aromatic rings. The largest absolute Gasteiger partial charge is 0.495 e. The summed E-state index contributed by atoms with van der Waals surface area (Å²) < 4.78 is 10.9. The van der Waals surface area contributed by atoms with Gasteiger partial charge in [-0.25, -0.2) is 0 Å². The van der Waals surface area contributed by atoms with Crippen LogP contribution in [0.2, 0.25) is 5.02 Å². The Morgan fingerprint density at radius 2 is 1.96 bits per heavy atom. The fraction of sp³-hybridized carbons (Fsp3) is 0.278. The number of benzene rings is 2. The standard InChI is InChI=1S/C18H21ClN2O2S/c1-12-6-4-5-7-16(12)23-11-13(2)20-18(24)21-14-8-9-17(22-3)15(19)10-14/h4-10,13H,11H2,1-3H3,(H2,20,21,24)/t13-/m1/s1. The average Bonchev–Trinajstić information content (AvgIpc) is 2.54. The van der Waals surface area contributed by atoms with Gasteiger partial charge < -0.3 is 20.1 Å². The lowest BCUT2D eigenvalue weighted by Gasteiger charge is -2.18. The summed E-state index contributed by atoms with van der Waals surface area (Å²) in [5.74, 6) is 1.51. The summed E-state index contributed by atoms with van der Waals surface area (Å²) >= 11 is 11.4. The van der Waals surface area contributed by atoms with Crippen molar-refractivity contribution < 1.29 is 9.47 Å². The van der Waals surface area contributed by atoms with Crippen molar-refractivity contribution in [1.82, 2.24) is 5.32 Å². The van der Waals surface area contributed by atoms with Crippen LogP contribution in [-0.4, -0.2) is 24.9 Å². The molecule has 4 nitrogen and oxygen atoms in total. The number of ether oxygens (including phenoxy) is 2. The number of para-hydroxylation sites is 1. The minimum atomic E-state index is 0.0540. The molecular weight excluding hydrogens is 344 g/mol. The molecule has 0 spiro atoms. The number of methoxy groups -OCH3 is 1. The van der Waals surface area contributed by atoms with Crippen LogP contribution in [0.5, 0.6) is 11.5 Å². The molecule has 1 atom stereocenters. The van der Waals surface area contributed by atoms with Crippen molar-refractivity contribution in [3.63, 3.8) is 0 Å². The number of anilines is 1. The van der Waals surface area contributed by atoms with Gasteiger partial charge in [-0.3, -0.25) is 0 Å². The smallest absolute Gasteiger partial charge is 0.171 e. The summed E-state index contributed by atoms with van der Waals surface area (Å²) in [6.07, 6.45) is 0. The molecule has 0 saturated carbocycles. The van der Waals surface area contributed by atoms with Gasteiger partial charge in [-0.1, -0.05) is 29.8 Å². The van der Waals surface area contributed by atoms with E-state index in [9.17, 15) is 0 Å². The van der Waals surface area contributed by atoms with Gasteiger partial charge in [0.25, 0.3) is 0 Å². The Kier molecular flexibility index (Phi) is 6.70. The first kappa shape index (κ1) is 18.4. The molecule has 6 heteroatoms. The summed E-state index contributed by atoms with van der Waals surface area (Å²) in [6, 6.07) is 13.4. The molecular formula is C18H21ClN2O2S. The van der Waals surface area contributed by atoms with Gasteiger partial charge in [0.15, 0.2) is 5.11 Å².